The Kier molecular flexibility index (Phi) is 2.86. The van der Waals surface area contributed by atoms with Crippen LogP contribution < -0.4 is 0 Å². The Labute approximate surface area is 99.0 Å². The number of halogens is 1. The van der Waals surface area contributed by atoms with Gasteiger partial charge in [-0.25, -0.2) is 13.4 Å². The fraction of sp³-hybridized carbons (Fsp3) is 0.182. The van der Waals surface area contributed by atoms with Gasteiger partial charge in [-0.3, -0.25) is 0 Å². The molecule has 0 radical (unpaired) electrons. The van der Waals surface area contributed by atoms with Gasteiger partial charge in [0.1, 0.15) is 5.15 Å². The van der Waals surface area contributed by atoms with E-state index in [-0.39, 0.29) is 5.75 Å². The molecular weight excluding hydrogens is 246 g/mol. The number of rotatable bonds is 2. The molecule has 84 valence electrons. The number of hydrogen-bond donors (Lipinski definition) is 0. The SMILES string of the molecule is CCS(=O)(=O)c1ccc2nc(Cl)ccc2c1. The standard InChI is InChI=1S/C11H10ClNO2S/c1-2-16(14,15)9-4-5-10-8(7-9)3-6-11(12)13-10/h3-7H,2H2,1H3. The second-order valence-electron chi connectivity index (χ2n) is 3.39. The lowest BCUT2D eigenvalue weighted by molar-refractivity contribution is 0.597. The largest absolute Gasteiger partial charge is 0.236 e. The van der Waals surface area contributed by atoms with E-state index in [0.717, 1.165) is 5.39 Å². The van der Waals surface area contributed by atoms with Gasteiger partial charge in [-0.05, 0) is 30.3 Å². The molecule has 5 heteroatoms. The van der Waals surface area contributed by atoms with E-state index in [1.807, 2.05) is 0 Å². The quantitative estimate of drug-likeness (QED) is 0.775. The molecule has 2 aromatic rings. The first kappa shape index (κ1) is 11.4. The van der Waals surface area contributed by atoms with Gasteiger partial charge in [0, 0.05) is 5.39 Å². The zero-order chi connectivity index (χ0) is 11.8. The first-order chi connectivity index (χ1) is 7.53. The molecule has 0 atom stereocenters. The van der Waals surface area contributed by atoms with Crippen LogP contribution in [0.2, 0.25) is 5.15 Å². The second-order valence-corrected chi connectivity index (χ2v) is 6.06. The van der Waals surface area contributed by atoms with Crippen molar-refractivity contribution in [3.63, 3.8) is 0 Å². The minimum atomic E-state index is -3.16. The molecule has 3 nitrogen and oxygen atoms in total. The fourth-order valence-corrected chi connectivity index (χ4v) is 2.51. The summed E-state index contributed by atoms with van der Waals surface area (Å²) in [5.41, 5.74) is 0.697. The van der Waals surface area contributed by atoms with E-state index < -0.39 is 9.84 Å². The van der Waals surface area contributed by atoms with Crippen LogP contribution in [-0.2, 0) is 9.84 Å². The van der Waals surface area contributed by atoms with Crippen molar-refractivity contribution >= 4 is 32.3 Å². The number of benzene rings is 1. The van der Waals surface area contributed by atoms with Crippen LogP contribution in [0.1, 0.15) is 6.92 Å². The van der Waals surface area contributed by atoms with Crippen molar-refractivity contribution in [2.75, 3.05) is 5.75 Å². The molecule has 1 aromatic carbocycles. The maximum atomic E-state index is 11.7. The highest BCUT2D eigenvalue weighted by atomic mass is 35.5. The van der Waals surface area contributed by atoms with Crippen molar-refractivity contribution in [1.82, 2.24) is 4.98 Å². The van der Waals surface area contributed by atoms with Crippen molar-refractivity contribution in [1.29, 1.82) is 0 Å². The lowest BCUT2D eigenvalue weighted by Gasteiger charge is -2.03. The van der Waals surface area contributed by atoms with Crippen molar-refractivity contribution in [2.45, 2.75) is 11.8 Å². The summed E-state index contributed by atoms with van der Waals surface area (Å²) in [7, 11) is -3.16. The Morgan fingerprint density at radius 3 is 2.69 bits per heavy atom. The number of fused-ring (bicyclic) bond motifs is 1. The molecule has 1 aromatic heterocycles. The first-order valence-electron chi connectivity index (χ1n) is 4.82. The predicted molar refractivity (Wildman–Crippen MR) is 64.5 cm³/mol. The summed E-state index contributed by atoms with van der Waals surface area (Å²) in [6.07, 6.45) is 0. The van der Waals surface area contributed by atoms with Crippen LogP contribution in [0.4, 0.5) is 0 Å². The summed E-state index contributed by atoms with van der Waals surface area (Å²) in [5.74, 6) is 0.0968. The van der Waals surface area contributed by atoms with Gasteiger partial charge in [0.2, 0.25) is 0 Å². The van der Waals surface area contributed by atoms with E-state index in [1.54, 1.807) is 37.3 Å². The molecule has 0 saturated heterocycles. The predicted octanol–water partition coefficient (Wildman–Crippen LogP) is 2.68. The summed E-state index contributed by atoms with van der Waals surface area (Å²) in [6, 6.07) is 8.26. The second kappa shape index (κ2) is 4.03. The van der Waals surface area contributed by atoms with Gasteiger partial charge in [-0.15, -0.1) is 0 Å². The van der Waals surface area contributed by atoms with Gasteiger partial charge in [-0.1, -0.05) is 18.5 Å². The smallest absolute Gasteiger partial charge is 0.178 e. The van der Waals surface area contributed by atoms with Gasteiger partial charge in [-0.2, -0.15) is 0 Å². The molecule has 0 bridgehead atoms. The molecule has 0 amide bonds. The molecule has 0 unspecified atom stereocenters. The highest BCUT2D eigenvalue weighted by Crippen LogP contribution is 2.20. The average molecular weight is 256 g/mol. The molecule has 0 aliphatic heterocycles. The van der Waals surface area contributed by atoms with E-state index in [9.17, 15) is 8.42 Å². The van der Waals surface area contributed by atoms with Crippen LogP contribution in [-0.4, -0.2) is 19.2 Å². The summed E-state index contributed by atoms with van der Waals surface area (Å²) >= 11 is 5.75. The van der Waals surface area contributed by atoms with Crippen LogP contribution in [0, 0.1) is 0 Å². The normalized spacial score (nSPS) is 11.9. The highest BCUT2D eigenvalue weighted by molar-refractivity contribution is 7.91. The lowest BCUT2D eigenvalue weighted by Crippen LogP contribution is -2.03. The molecule has 0 aliphatic rings. The highest BCUT2D eigenvalue weighted by Gasteiger charge is 2.11. The van der Waals surface area contributed by atoms with Crippen LogP contribution in [0.15, 0.2) is 35.2 Å². The third kappa shape index (κ3) is 2.03. The summed E-state index contributed by atoms with van der Waals surface area (Å²) in [5, 5.41) is 1.18. The van der Waals surface area contributed by atoms with Crippen molar-refractivity contribution in [3.8, 4) is 0 Å². The molecule has 0 N–H and O–H groups in total. The third-order valence-corrected chi connectivity index (χ3v) is 4.31. The van der Waals surface area contributed by atoms with E-state index in [2.05, 4.69) is 4.98 Å². The monoisotopic (exact) mass is 255 g/mol. The van der Waals surface area contributed by atoms with Gasteiger partial charge < -0.3 is 0 Å². The van der Waals surface area contributed by atoms with Crippen molar-refractivity contribution in [2.24, 2.45) is 0 Å². The first-order valence-corrected chi connectivity index (χ1v) is 6.85. The Morgan fingerprint density at radius 2 is 2.00 bits per heavy atom. The molecular formula is C11H10ClNO2S. The van der Waals surface area contributed by atoms with Crippen molar-refractivity contribution < 1.29 is 8.42 Å². The molecule has 0 saturated carbocycles. The van der Waals surface area contributed by atoms with E-state index in [0.29, 0.717) is 15.6 Å². The zero-order valence-electron chi connectivity index (χ0n) is 8.64. The average Bonchev–Trinajstić information content (AvgIpc) is 2.28. The Hall–Kier alpha value is -1.13. The molecule has 0 fully saturated rings. The maximum Gasteiger partial charge on any atom is 0.178 e. The van der Waals surface area contributed by atoms with Crippen LogP contribution in [0.25, 0.3) is 10.9 Å². The fourth-order valence-electron chi connectivity index (χ4n) is 1.44. The number of hydrogen-bond acceptors (Lipinski definition) is 3. The van der Waals surface area contributed by atoms with Crippen LogP contribution in [0.3, 0.4) is 0 Å². The molecule has 0 spiro atoms. The summed E-state index contributed by atoms with van der Waals surface area (Å²) in [4.78, 5) is 4.42. The number of aromatic nitrogens is 1. The topological polar surface area (TPSA) is 47.0 Å². The third-order valence-electron chi connectivity index (χ3n) is 2.37. The summed E-state index contributed by atoms with van der Waals surface area (Å²) < 4.78 is 23.3. The van der Waals surface area contributed by atoms with E-state index >= 15 is 0 Å². The van der Waals surface area contributed by atoms with Gasteiger partial charge >= 0.3 is 0 Å². The Bertz CT molecular complexity index is 637. The zero-order valence-corrected chi connectivity index (χ0v) is 10.2. The molecule has 2 rings (SSSR count). The van der Waals surface area contributed by atoms with Gasteiger partial charge in [0.05, 0.1) is 16.2 Å². The van der Waals surface area contributed by atoms with Gasteiger partial charge in [0.15, 0.2) is 9.84 Å². The number of sulfone groups is 1. The molecule has 1 heterocycles. The lowest BCUT2D eigenvalue weighted by atomic mass is 10.2. The Morgan fingerprint density at radius 1 is 1.25 bits per heavy atom. The van der Waals surface area contributed by atoms with Crippen molar-refractivity contribution in [3.05, 3.63) is 35.5 Å². The van der Waals surface area contributed by atoms with E-state index in [1.165, 1.54) is 0 Å². The van der Waals surface area contributed by atoms with Crippen LogP contribution in [0.5, 0.6) is 0 Å². The minimum absolute atomic E-state index is 0.0968. The summed E-state index contributed by atoms with van der Waals surface area (Å²) in [6.45, 7) is 1.62. The number of nitrogens with zero attached hydrogens (tertiary/aromatic N) is 1. The molecule has 16 heavy (non-hydrogen) atoms. The molecule has 0 aliphatic carbocycles. The number of pyridine rings is 1. The van der Waals surface area contributed by atoms with E-state index in [4.69, 9.17) is 11.6 Å². The van der Waals surface area contributed by atoms with Crippen LogP contribution >= 0.6 is 11.6 Å². The Balaban J connectivity index is 2.66. The van der Waals surface area contributed by atoms with Gasteiger partial charge in [0.25, 0.3) is 0 Å². The minimum Gasteiger partial charge on any atom is -0.236 e. The maximum absolute atomic E-state index is 11.7.